The number of hydrogen-bond donors (Lipinski definition) is 1. The summed E-state index contributed by atoms with van der Waals surface area (Å²) in [6.07, 6.45) is 10.8. The van der Waals surface area contributed by atoms with Crippen molar-refractivity contribution in [2.24, 2.45) is 50.2 Å². The summed E-state index contributed by atoms with van der Waals surface area (Å²) in [5.74, 6) is 0.968. The van der Waals surface area contributed by atoms with E-state index >= 15 is 0 Å². The van der Waals surface area contributed by atoms with E-state index in [9.17, 15) is 14.7 Å². The molecule has 5 aliphatic carbocycles. The molecule has 0 bridgehead atoms. The molecule has 41 heavy (non-hydrogen) atoms. The fraction of sp³-hybridized carbons (Fsp3) is 0.943. The van der Waals surface area contributed by atoms with Crippen LogP contribution in [0.4, 0.5) is 0 Å². The van der Waals surface area contributed by atoms with E-state index in [0.717, 1.165) is 38.5 Å². The van der Waals surface area contributed by atoms with Gasteiger partial charge in [-0.15, -0.1) is 0 Å². The van der Waals surface area contributed by atoms with Crippen LogP contribution in [-0.2, 0) is 23.8 Å². The van der Waals surface area contributed by atoms with Gasteiger partial charge in [-0.05, 0) is 105 Å². The van der Waals surface area contributed by atoms with Crippen molar-refractivity contribution < 1.29 is 28.9 Å². The third-order valence-electron chi connectivity index (χ3n) is 14.9. The Morgan fingerprint density at radius 1 is 0.829 bits per heavy atom. The molecule has 0 aromatic heterocycles. The summed E-state index contributed by atoms with van der Waals surface area (Å²) in [7, 11) is 0. The molecule has 6 heteroatoms. The zero-order valence-electron chi connectivity index (χ0n) is 27.2. The summed E-state index contributed by atoms with van der Waals surface area (Å²) < 4.78 is 19.2. The molecule has 0 amide bonds. The molecule has 0 radical (unpaired) electrons. The third kappa shape index (κ3) is 3.80. The maximum atomic E-state index is 12.5. The minimum Gasteiger partial charge on any atom is -0.462 e. The van der Waals surface area contributed by atoms with Crippen LogP contribution in [0.2, 0.25) is 0 Å². The van der Waals surface area contributed by atoms with Gasteiger partial charge in [0.2, 0.25) is 0 Å². The number of fused-ring (bicyclic) bond motifs is 2. The maximum Gasteiger partial charge on any atom is 0.302 e. The molecule has 6 rings (SSSR count). The lowest BCUT2D eigenvalue weighted by atomic mass is 9.41. The van der Waals surface area contributed by atoms with E-state index in [1.807, 2.05) is 0 Å². The van der Waals surface area contributed by atoms with Gasteiger partial charge in [0.25, 0.3) is 0 Å². The van der Waals surface area contributed by atoms with Crippen molar-refractivity contribution in [1.82, 2.24) is 0 Å². The summed E-state index contributed by atoms with van der Waals surface area (Å²) in [5, 5.41) is 10.1. The van der Waals surface area contributed by atoms with Crippen molar-refractivity contribution in [2.45, 2.75) is 150 Å². The van der Waals surface area contributed by atoms with Crippen LogP contribution in [0.1, 0.15) is 127 Å². The fourth-order valence-corrected chi connectivity index (χ4v) is 12.9. The van der Waals surface area contributed by atoms with Crippen LogP contribution >= 0.6 is 0 Å². The first-order chi connectivity index (χ1) is 18.9. The van der Waals surface area contributed by atoms with Crippen LogP contribution < -0.4 is 0 Å². The molecule has 11 atom stereocenters. The minimum absolute atomic E-state index is 0.00218. The Bertz CT molecular complexity index is 1110. The smallest absolute Gasteiger partial charge is 0.302 e. The van der Waals surface area contributed by atoms with Gasteiger partial charge in [-0.2, -0.15) is 0 Å². The average Bonchev–Trinajstić information content (AvgIpc) is 3.25. The highest BCUT2D eigenvalue weighted by molar-refractivity contribution is 5.66. The van der Waals surface area contributed by atoms with Crippen molar-refractivity contribution in [3.8, 4) is 0 Å². The highest BCUT2D eigenvalue weighted by atomic mass is 16.6. The largest absolute Gasteiger partial charge is 0.462 e. The second-order valence-electron chi connectivity index (χ2n) is 17.4. The van der Waals surface area contributed by atoms with Gasteiger partial charge in [-0.3, -0.25) is 9.59 Å². The predicted molar refractivity (Wildman–Crippen MR) is 157 cm³/mol. The number of aliphatic hydroxyl groups is 1. The van der Waals surface area contributed by atoms with E-state index in [1.165, 1.54) is 25.7 Å². The summed E-state index contributed by atoms with van der Waals surface area (Å²) in [6.45, 7) is 19.5. The molecule has 6 nitrogen and oxygen atoms in total. The fourth-order valence-electron chi connectivity index (χ4n) is 12.9. The van der Waals surface area contributed by atoms with Crippen LogP contribution in [-0.4, -0.2) is 47.6 Å². The SMILES string of the molecule is CC(=O)OC1C[C@@]2(C)[C@@H]3CCC4C(C)(C)C(OC(C)=O)CC[C@@]45C[C@@]35CC[C@]2(C)C1C1(C)CCC(C(C)(C)CO)O1. The van der Waals surface area contributed by atoms with E-state index in [-0.39, 0.29) is 64.4 Å². The van der Waals surface area contributed by atoms with Gasteiger partial charge < -0.3 is 19.3 Å². The van der Waals surface area contributed by atoms with E-state index in [0.29, 0.717) is 22.7 Å². The Kier molecular flexibility index (Phi) is 6.53. The van der Waals surface area contributed by atoms with Crippen molar-refractivity contribution in [3.05, 3.63) is 0 Å². The van der Waals surface area contributed by atoms with Crippen molar-refractivity contribution in [3.63, 3.8) is 0 Å². The lowest BCUT2D eigenvalue weighted by Gasteiger charge is -2.63. The first-order valence-corrected chi connectivity index (χ1v) is 16.6. The zero-order valence-corrected chi connectivity index (χ0v) is 27.2. The van der Waals surface area contributed by atoms with Crippen molar-refractivity contribution in [1.29, 1.82) is 0 Å². The molecule has 232 valence electrons. The number of esters is 2. The predicted octanol–water partition coefficient (Wildman–Crippen LogP) is 6.86. The third-order valence-corrected chi connectivity index (χ3v) is 14.9. The molecule has 0 aromatic carbocycles. The van der Waals surface area contributed by atoms with E-state index in [4.69, 9.17) is 14.2 Å². The van der Waals surface area contributed by atoms with E-state index < -0.39 is 5.60 Å². The van der Waals surface area contributed by atoms with Crippen molar-refractivity contribution in [2.75, 3.05) is 6.61 Å². The normalized spacial score (nSPS) is 51.6. The number of ether oxygens (including phenoxy) is 3. The van der Waals surface area contributed by atoms with Crippen LogP contribution in [0.3, 0.4) is 0 Å². The quantitative estimate of drug-likeness (QED) is 0.363. The topological polar surface area (TPSA) is 82.1 Å². The monoisotopic (exact) mass is 572 g/mol. The Hall–Kier alpha value is -1.14. The standard InChI is InChI=1S/C35H56O6/c1-21(37)39-23-18-32(8)25-11-10-24-30(5,6)27(40-22(2)38)13-15-34(24)19-35(25,34)17-16-31(32,7)28(23)33(9)14-12-26(41-33)29(3,4)20-36/h23-28,36H,10-20H2,1-9H3/t23?,24?,25-,26?,27?,28?,31+,32-,33?,34+,35-/m0/s1. The Morgan fingerprint density at radius 3 is 2.10 bits per heavy atom. The Balaban J connectivity index is 1.34. The summed E-state index contributed by atoms with van der Waals surface area (Å²) >= 11 is 0. The molecule has 2 spiro atoms. The molecule has 1 saturated heterocycles. The molecule has 5 saturated carbocycles. The van der Waals surface area contributed by atoms with Crippen LogP contribution in [0.25, 0.3) is 0 Å². The molecule has 6 fully saturated rings. The van der Waals surface area contributed by atoms with Gasteiger partial charge in [0.05, 0.1) is 18.3 Å². The van der Waals surface area contributed by atoms with Crippen molar-refractivity contribution >= 4 is 11.9 Å². The molecule has 6 unspecified atom stereocenters. The number of hydrogen-bond acceptors (Lipinski definition) is 6. The van der Waals surface area contributed by atoms with Gasteiger partial charge in [0.15, 0.2) is 0 Å². The molecular formula is C35H56O6. The lowest BCUT2D eigenvalue weighted by molar-refractivity contribution is -0.198. The molecule has 1 aliphatic heterocycles. The zero-order chi connectivity index (χ0) is 30.0. The molecule has 1 heterocycles. The maximum absolute atomic E-state index is 12.5. The summed E-state index contributed by atoms with van der Waals surface area (Å²) in [4.78, 5) is 24.5. The van der Waals surface area contributed by atoms with Gasteiger partial charge in [-0.1, -0.05) is 41.5 Å². The van der Waals surface area contributed by atoms with E-state index in [1.54, 1.807) is 13.8 Å². The Morgan fingerprint density at radius 2 is 1.46 bits per heavy atom. The first-order valence-electron chi connectivity index (χ1n) is 16.6. The van der Waals surface area contributed by atoms with Gasteiger partial charge >= 0.3 is 11.9 Å². The Labute approximate surface area is 248 Å². The lowest BCUT2D eigenvalue weighted by Crippen LogP contribution is -2.59. The molecule has 0 aromatic rings. The second kappa shape index (κ2) is 8.96. The second-order valence-corrected chi connectivity index (χ2v) is 17.4. The number of aliphatic hydroxyl groups excluding tert-OH is 1. The number of rotatable bonds is 5. The average molecular weight is 573 g/mol. The molecular weight excluding hydrogens is 516 g/mol. The highest BCUT2D eigenvalue weighted by Gasteiger charge is 2.84. The minimum atomic E-state index is -0.392. The molecule has 6 aliphatic rings. The van der Waals surface area contributed by atoms with Crippen LogP contribution in [0, 0.1) is 50.2 Å². The van der Waals surface area contributed by atoms with E-state index in [2.05, 4.69) is 48.5 Å². The van der Waals surface area contributed by atoms with Crippen LogP contribution in [0.15, 0.2) is 0 Å². The van der Waals surface area contributed by atoms with Gasteiger partial charge in [-0.25, -0.2) is 0 Å². The summed E-state index contributed by atoms with van der Waals surface area (Å²) in [6, 6.07) is 0. The van der Waals surface area contributed by atoms with Crippen LogP contribution in [0.5, 0.6) is 0 Å². The molecule has 1 N–H and O–H groups in total. The first kappa shape index (κ1) is 29.9. The van der Waals surface area contributed by atoms with Gasteiger partial charge in [0, 0.05) is 30.6 Å². The highest BCUT2D eigenvalue weighted by Crippen LogP contribution is 2.89. The summed E-state index contributed by atoms with van der Waals surface area (Å²) in [5.41, 5.74) is 0.0334. The number of carbonyl (C=O) groups is 2. The van der Waals surface area contributed by atoms with Gasteiger partial charge in [0.1, 0.15) is 12.2 Å². The number of carbonyl (C=O) groups excluding carboxylic acids is 2.